The van der Waals surface area contributed by atoms with E-state index in [4.69, 9.17) is 9.47 Å². The van der Waals surface area contributed by atoms with Gasteiger partial charge in [0.25, 0.3) is 0 Å². The molecule has 0 aliphatic carbocycles. The molecule has 0 aromatic carbocycles. The molecule has 1 fully saturated rings. The van der Waals surface area contributed by atoms with Crippen LogP contribution in [0.25, 0.3) is 0 Å². The molecule has 1 unspecified atom stereocenters. The Morgan fingerprint density at radius 2 is 2.03 bits per heavy atom. The van der Waals surface area contributed by atoms with E-state index in [1.807, 2.05) is 13.8 Å². The maximum absolute atomic E-state index is 12.6. The molecule has 3 rings (SSSR count). The number of hydrogen-bond donors (Lipinski definition) is 0. The molecule has 0 aromatic rings. The van der Waals surface area contributed by atoms with Gasteiger partial charge in [0.2, 0.25) is 0 Å². The van der Waals surface area contributed by atoms with Gasteiger partial charge in [-0.05, 0) is 32.6 Å². The molecule has 3 heterocycles. The van der Waals surface area contributed by atoms with E-state index >= 15 is 0 Å². The fourth-order valence-electron chi connectivity index (χ4n) is 4.28. The van der Waals surface area contributed by atoms with Gasteiger partial charge in [-0.15, -0.1) is 0 Å². The van der Waals surface area contributed by atoms with Crippen molar-refractivity contribution in [3.05, 3.63) is 35.6 Å². The van der Waals surface area contributed by atoms with Gasteiger partial charge >= 0.3 is 11.9 Å². The van der Waals surface area contributed by atoms with Crippen LogP contribution in [0.5, 0.6) is 0 Å². The van der Waals surface area contributed by atoms with Gasteiger partial charge in [0.15, 0.2) is 15.4 Å². The van der Waals surface area contributed by atoms with Gasteiger partial charge in [-0.1, -0.05) is 31.6 Å². The standard InChI is InChI=1S/C22H31NO6S/c1-15(2)7-8-20(24)28-19(13-17-16(3)9-12-30(17,26)27)22(4)18(14-21(25)29-22)23-10-5-6-11-23/h7-9,14-15,17,19H,5-6,10-13H2,1-4H3/b8-7+/t17?,19-,22+/m0/s1. The van der Waals surface area contributed by atoms with Gasteiger partial charge in [-0.25, -0.2) is 18.0 Å². The van der Waals surface area contributed by atoms with Crippen LogP contribution in [0, 0.1) is 5.92 Å². The van der Waals surface area contributed by atoms with Gasteiger partial charge < -0.3 is 14.4 Å². The number of esters is 2. The fraction of sp³-hybridized carbons (Fsp3) is 0.636. The van der Waals surface area contributed by atoms with E-state index in [1.54, 1.807) is 26.0 Å². The summed E-state index contributed by atoms with van der Waals surface area (Å²) in [7, 11) is -3.37. The van der Waals surface area contributed by atoms with Gasteiger partial charge in [0, 0.05) is 31.7 Å². The minimum absolute atomic E-state index is 0.0251. The van der Waals surface area contributed by atoms with Crippen molar-refractivity contribution < 1.29 is 27.5 Å². The lowest BCUT2D eigenvalue weighted by molar-refractivity contribution is -0.170. The summed E-state index contributed by atoms with van der Waals surface area (Å²) in [4.78, 5) is 26.9. The van der Waals surface area contributed by atoms with E-state index in [0.717, 1.165) is 31.5 Å². The summed E-state index contributed by atoms with van der Waals surface area (Å²) in [5, 5.41) is -0.764. The molecule has 0 N–H and O–H groups in total. The molecule has 166 valence electrons. The SMILES string of the molecule is CC1=CCS(=O)(=O)C1C[C@H](OC(=O)/C=C/C(C)C)[C@]1(C)OC(=O)C=C1N1CCCC1. The Balaban J connectivity index is 1.93. The average molecular weight is 438 g/mol. The maximum atomic E-state index is 12.6. The second-order valence-corrected chi connectivity index (χ2v) is 11.0. The van der Waals surface area contributed by atoms with Gasteiger partial charge in [-0.3, -0.25) is 0 Å². The zero-order valence-corrected chi connectivity index (χ0v) is 18.9. The predicted molar refractivity (Wildman–Crippen MR) is 113 cm³/mol. The van der Waals surface area contributed by atoms with Crippen LogP contribution in [0.3, 0.4) is 0 Å². The number of sulfone groups is 1. The molecular formula is C22H31NO6S. The molecule has 0 saturated carbocycles. The minimum Gasteiger partial charge on any atom is -0.454 e. The largest absolute Gasteiger partial charge is 0.454 e. The topological polar surface area (TPSA) is 90.0 Å². The van der Waals surface area contributed by atoms with Crippen LogP contribution in [0.1, 0.15) is 47.0 Å². The number of rotatable bonds is 7. The first-order chi connectivity index (χ1) is 14.0. The van der Waals surface area contributed by atoms with Crippen molar-refractivity contribution in [2.45, 2.75) is 63.9 Å². The van der Waals surface area contributed by atoms with Crippen molar-refractivity contribution in [1.29, 1.82) is 0 Å². The number of nitrogens with zero attached hydrogens (tertiary/aromatic N) is 1. The van der Waals surface area contributed by atoms with E-state index in [0.29, 0.717) is 5.70 Å². The van der Waals surface area contributed by atoms with Gasteiger partial charge in [0.1, 0.15) is 6.10 Å². The van der Waals surface area contributed by atoms with Gasteiger partial charge in [-0.2, -0.15) is 0 Å². The molecule has 1 saturated heterocycles. The first-order valence-electron chi connectivity index (χ1n) is 10.5. The Bertz CT molecular complexity index is 895. The Labute approximate surface area is 178 Å². The number of allylic oxidation sites excluding steroid dienone is 1. The molecule has 30 heavy (non-hydrogen) atoms. The normalized spacial score (nSPS) is 29.3. The lowest BCUT2D eigenvalue weighted by Crippen LogP contribution is -2.50. The lowest BCUT2D eigenvalue weighted by atomic mass is 9.90. The van der Waals surface area contributed by atoms with Crippen LogP contribution in [0.2, 0.25) is 0 Å². The number of cyclic esters (lactones) is 1. The summed E-state index contributed by atoms with van der Waals surface area (Å²) in [5.41, 5.74) is 0.155. The third-order valence-corrected chi connectivity index (χ3v) is 8.08. The summed E-state index contributed by atoms with van der Waals surface area (Å²) in [6.07, 6.45) is 7.33. The summed E-state index contributed by atoms with van der Waals surface area (Å²) >= 11 is 0. The van der Waals surface area contributed by atoms with E-state index < -0.39 is 38.7 Å². The first kappa shape index (κ1) is 22.6. The number of carbonyl (C=O) groups is 2. The minimum atomic E-state index is -3.37. The molecule has 0 radical (unpaired) electrons. The Morgan fingerprint density at radius 3 is 2.60 bits per heavy atom. The Hall–Kier alpha value is -2.09. The van der Waals surface area contributed by atoms with Crippen molar-refractivity contribution in [3.63, 3.8) is 0 Å². The maximum Gasteiger partial charge on any atom is 0.333 e. The van der Waals surface area contributed by atoms with Crippen molar-refractivity contribution in [3.8, 4) is 0 Å². The molecule has 0 bridgehead atoms. The zero-order valence-electron chi connectivity index (χ0n) is 18.1. The Kier molecular flexibility index (Phi) is 6.45. The summed E-state index contributed by atoms with van der Waals surface area (Å²) < 4.78 is 36.6. The number of likely N-dealkylation sites (tertiary alicyclic amines) is 1. The van der Waals surface area contributed by atoms with Crippen LogP contribution in [0.15, 0.2) is 35.6 Å². The smallest absolute Gasteiger partial charge is 0.333 e. The molecule has 8 heteroatoms. The summed E-state index contributed by atoms with van der Waals surface area (Å²) in [6.45, 7) is 8.93. The molecule has 0 aromatic heterocycles. The van der Waals surface area contributed by atoms with Crippen LogP contribution < -0.4 is 0 Å². The van der Waals surface area contributed by atoms with E-state index in [2.05, 4.69) is 4.90 Å². The highest BCUT2D eigenvalue weighted by Crippen LogP contribution is 2.40. The summed E-state index contributed by atoms with van der Waals surface area (Å²) in [5.74, 6) is -0.935. The Morgan fingerprint density at radius 1 is 1.37 bits per heavy atom. The fourth-order valence-corrected chi connectivity index (χ4v) is 6.14. The van der Waals surface area contributed by atoms with Crippen molar-refractivity contribution in [2.24, 2.45) is 5.92 Å². The molecule has 3 aliphatic rings. The third-order valence-electron chi connectivity index (χ3n) is 6.02. The molecule has 7 nitrogen and oxygen atoms in total. The van der Waals surface area contributed by atoms with Crippen molar-refractivity contribution >= 4 is 21.8 Å². The van der Waals surface area contributed by atoms with Crippen LogP contribution in [0.4, 0.5) is 0 Å². The highest BCUT2D eigenvalue weighted by Gasteiger charge is 2.52. The molecular weight excluding hydrogens is 406 g/mol. The van der Waals surface area contributed by atoms with Crippen molar-refractivity contribution in [1.82, 2.24) is 4.90 Å². The van der Waals surface area contributed by atoms with Gasteiger partial charge in [0.05, 0.1) is 16.7 Å². The van der Waals surface area contributed by atoms with E-state index in [-0.39, 0.29) is 18.1 Å². The van der Waals surface area contributed by atoms with Crippen LogP contribution in [-0.4, -0.2) is 61.1 Å². The highest BCUT2D eigenvalue weighted by atomic mass is 32.2. The first-order valence-corrected chi connectivity index (χ1v) is 12.2. The van der Waals surface area contributed by atoms with E-state index in [1.165, 1.54) is 12.2 Å². The van der Waals surface area contributed by atoms with E-state index in [9.17, 15) is 18.0 Å². The molecule has 0 spiro atoms. The third kappa shape index (κ3) is 4.63. The second-order valence-electron chi connectivity index (χ2n) is 8.78. The highest BCUT2D eigenvalue weighted by molar-refractivity contribution is 7.92. The number of carbonyl (C=O) groups excluding carboxylic acids is 2. The monoisotopic (exact) mass is 437 g/mol. The van der Waals surface area contributed by atoms with Crippen LogP contribution in [-0.2, 0) is 28.9 Å². The molecule has 0 amide bonds. The molecule has 3 aliphatic heterocycles. The number of ether oxygens (including phenoxy) is 2. The number of hydrogen-bond acceptors (Lipinski definition) is 7. The predicted octanol–water partition coefficient (Wildman–Crippen LogP) is 2.54. The average Bonchev–Trinajstić information content (AvgIpc) is 3.34. The zero-order chi connectivity index (χ0) is 22.1. The second kappa shape index (κ2) is 8.57. The van der Waals surface area contributed by atoms with Crippen molar-refractivity contribution in [2.75, 3.05) is 18.8 Å². The lowest BCUT2D eigenvalue weighted by Gasteiger charge is -2.38. The molecule has 3 atom stereocenters. The summed E-state index contributed by atoms with van der Waals surface area (Å²) in [6, 6.07) is 0. The van der Waals surface area contributed by atoms with Crippen LogP contribution >= 0.6 is 0 Å². The quantitative estimate of drug-likeness (QED) is 0.343.